The van der Waals surface area contributed by atoms with Gasteiger partial charge in [0.25, 0.3) is 5.91 Å². The lowest BCUT2D eigenvalue weighted by Gasteiger charge is -2.16. The summed E-state index contributed by atoms with van der Waals surface area (Å²) in [5, 5.41) is 17.5. The van der Waals surface area contributed by atoms with Crippen molar-refractivity contribution in [2.75, 3.05) is 12.8 Å². The normalized spacial score (nSPS) is 14.6. The van der Waals surface area contributed by atoms with Crippen molar-refractivity contribution in [3.05, 3.63) is 34.4 Å². The lowest BCUT2D eigenvalue weighted by atomic mass is 10.2. The van der Waals surface area contributed by atoms with Crippen molar-refractivity contribution in [2.45, 2.75) is 49.7 Å². The number of nitrogens with zero attached hydrogens (tertiary/aromatic N) is 4. The smallest absolute Gasteiger partial charge is 0.270 e. The van der Waals surface area contributed by atoms with Crippen molar-refractivity contribution < 1.29 is 4.79 Å². The predicted molar refractivity (Wildman–Crippen MR) is 115 cm³/mol. The first-order chi connectivity index (χ1) is 13.8. The van der Waals surface area contributed by atoms with Crippen LogP contribution >= 0.6 is 34.4 Å². The number of rotatable bonds is 8. The Morgan fingerprint density at radius 3 is 2.93 bits per heavy atom. The van der Waals surface area contributed by atoms with Crippen LogP contribution in [0.1, 0.15) is 54.5 Å². The van der Waals surface area contributed by atoms with Gasteiger partial charge in [-0.15, -0.1) is 32.9 Å². The van der Waals surface area contributed by atoms with Crippen LogP contribution in [0, 0.1) is 0 Å². The number of aromatic nitrogens is 4. The van der Waals surface area contributed by atoms with Gasteiger partial charge in [-0.05, 0) is 37.0 Å². The van der Waals surface area contributed by atoms with E-state index in [-0.39, 0.29) is 5.91 Å². The minimum Gasteiger partial charge on any atom is -0.351 e. The van der Waals surface area contributed by atoms with Crippen LogP contribution in [0.15, 0.2) is 28.0 Å². The highest BCUT2D eigenvalue weighted by atomic mass is 32.2. The van der Waals surface area contributed by atoms with Gasteiger partial charge in [0.15, 0.2) is 5.16 Å². The zero-order valence-electron chi connectivity index (χ0n) is 15.8. The summed E-state index contributed by atoms with van der Waals surface area (Å²) in [6.07, 6.45) is 8.71. The number of carbonyl (C=O) groups is 1. The average molecular weight is 434 g/mol. The van der Waals surface area contributed by atoms with E-state index in [2.05, 4.69) is 31.3 Å². The molecular weight excluding hydrogens is 410 g/mol. The van der Waals surface area contributed by atoms with E-state index in [1.807, 2.05) is 22.9 Å². The van der Waals surface area contributed by atoms with Crippen LogP contribution in [0.5, 0.6) is 0 Å². The lowest BCUT2D eigenvalue weighted by molar-refractivity contribution is 0.0949. The number of nitrogens with one attached hydrogen (secondary N) is 1. The van der Waals surface area contributed by atoms with Crippen molar-refractivity contribution in [1.82, 2.24) is 25.1 Å². The first-order valence-corrected chi connectivity index (χ1v) is 12.5. The van der Waals surface area contributed by atoms with Crippen molar-refractivity contribution in [2.24, 2.45) is 0 Å². The molecule has 3 aromatic rings. The Labute approximate surface area is 176 Å². The highest BCUT2D eigenvalue weighted by Gasteiger charge is 2.23. The summed E-state index contributed by atoms with van der Waals surface area (Å²) in [5.74, 6) is 0.931. The predicted octanol–water partition coefficient (Wildman–Crippen LogP) is 4.66. The fourth-order valence-corrected chi connectivity index (χ4v) is 5.76. The van der Waals surface area contributed by atoms with Gasteiger partial charge in [-0.1, -0.05) is 30.7 Å². The minimum absolute atomic E-state index is 0.110. The molecule has 0 bridgehead atoms. The molecule has 0 aliphatic heterocycles. The van der Waals surface area contributed by atoms with E-state index in [0.29, 0.717) is 18.3 Å². The molecular formula is C19H23N5OS3. The standard InChI is InChI=1S/C19H23N5OS3/c1-26-19-23-22-16(24(19)13-6-2-3-7-13)9-4-10-20-17(25)14-12-28-18(21-14)15-8-5-11-27-15/h5,8,11-13H,2-4,6-7,9-10H2,1H3,(H,20,25). The molecule has 0 spiro atoms. The van der Waals surface area contributed by atoms with Crippen molar-refractivity contribution in [1.29, 1.82) is 0 Å². The molecule has 6 nitrogen and oxygen atoms in total. The SMILES string of the molecule is CSc1nnc(CCCNC(=O)c2csc(-c3cccs3)n2)n1C1CCCC1. The zero-order chi connectivity index (χ0) is 19.3. The molecule has 3 heterocycles. The molecule has 0 atom stereocenters. The molecule has 1 N–H and O–H groups in total. The van der Waals surface area contributed by atoms with Gasteiger partial charge in [-0.2, -0.15) is 0 Å². The number of carbonyl (C=O) groups excluding carboxylic acids is 1. The fraction of sp³-hybridized carbons (Fsp3) is 0.474. The summed E-state index contributed by atoms with van der Waals surface area (Å²) in [6, 6.07) is 4.55. The second-order valence-corrected chi connectivity index (χ2v) is 9.37. The molecule has 0 unspecified atom stereocenters. The van der Waals surface area contributed by atoms with E-state index in [4.69, 9.17) is 0 Å². The third kappa shape index (κ3) is 4.31. The van der Waals surface area contributed by atoms with E-state index >= 15 is 0 Å². The summed E-state index contributed by atoms with van der Waals surface area (Å²) >= 11 is 4.80. The number of hydrogen-bond acceptors (Lipinski definition) is 7. The van der Waals surface area contributed by atoms with Crippen molar-refractivity contribution >= 4 is 40.3 Å². The van der Waals surface area contributed by atoms with E-state index in [1.54, 1.807) is 23.1 Å². The maximum absolute atomic E-state index is 12.4. The van der Waals surface area contributed by atoms with E-state index < -0.39 is 0 Å². The Morgan fingerprint density at radius 2 is 2.18 bits per heavy atom. The largest absolute Gasteiger partial charge is 0.351 e. The van der Waals surface area contributed by atoms with Crippen LogP contribution < -0.4 is 5.32 Å². The maximum Gasteiger partial charge on any atom is 0.270 e. The minimum atomic E-state index is -0.110. The number of thioether (sulfide) groups is 1. The highest BCUT2D eigenvalue weighted by Crippen LogP contribution is 2.33. The molecule has 0 radical (unpaired) electrons. The quantitative estimate of drug-likeness (QED) is 0.413. The summed E-state index contributed by atoms with van der Waals surface area (Å²) in [5.41, 5.74) is 0.493. The highest BCUT2D eigenvalue weighted by molar-refractivity contribution is 7.98. The maximum atomic E-state index is 12.4. The van der Waals surface area contributed by atoms with Gasteiger partial charge in [0.2, 0.25) is 0 Å². The van der Waals surface area contributed by atoms with Crippen LogP contribution in [0.4, 0.5) is 0 Å². The molecule has 4 rings (SSSR count). The van der Waals surface area contributed by atoms with Crippen LogP contribution in [0.3, 0.4) is 0 Å². The van der Waals surface area contributed by atoms with Crippen LogP contribution in [0.2, 0.25) is 0 Å². The molecule has 1 saturated carbocycles. The lowest BCUT2D eigenvalue weighted by Crippen LogP contribution is -2.25. The van der Waals surface area contributed by atoms with E-state index in [9.17, 15) is 4.79 Å². The number of thiophene rings is 1. The van der Waals surface area contributed by atoms with E-state index in [1.165, 1.54) is 37.0 Å². The van der Waals surface area contributed by atoms with Gasteiger partial charge in [-0.25, -0.2) is 4.98 Å². The summed E-state index contributed by atoms with van der Waals surface area (Å²) in [4.78, 5) is 17.9. The fourth-order valence-electron chi connectivity index (χ4n) is 3.58. The monoisotopic (exact) mass is 433 g/mol. The van der Waals surface area contributed by atoms with Gasteiger partial charge >= 0.3 is 0 Å². The summed E-state index contributed by atoms with van der Waals surface area (Å²) < 4.78 is 2.33. The van der Waals surface area contributed by atoms with E-state index in [0.717, 1.165) is 33.7 Å². The summed E-state index contributed by atoms with van der Waals surface area (Å²) in [7, 11) is 0. The molecule has 3 aromatic heterocycles. The van der Waals surface area contributed by atoms with Crippen LogP contribution in [-0.2, 0) is 6.42 Å². The Kier molecular flexibility index (Phi) is 6.43. The molecule has 148 valence electrons. The first kappa shape index (κ1) is 19.6. The molecule has 28 heavy (non-hydrogen) atoms. The van der Waals surface area contributed by atoms with Gasteiger partial charge < -0.3 is 9.88 Å². The van der Waals surface area contributed by atoms with Gasteiger partial charge in [0.05, 0.1) is 4.88 Å². The van der Waals surface area contributed by atoms with Crippen LogP contribution in [-0.4, -0.2) is 38.5 Å². The van der Waals surface area contributed by atoms with Gasteiger partial charge in [0, 0.05) is 24.4 Å². The van der Waals surface area contributed by atoms with Crippen LogP contribution in [0.25, 0.3) is 9.88 Å². The average Bonchev–Trinajstić information content (AvgIpc) is 3.49. The Balaban J connectivity index is 1.30. The topological polar surface area (TPSA) is 72.7 Å². The zero-order valence-corrected chi connectivity index (χ0v) is 18.2. The summed E-state index contributed by atoms with van der Waals surface area (Å²) in [6.45, 7) is 0.608. The first-order valence-electron chi connectivity index (χ1n) is 9.51. The Bertz CT molecular complexity index is 912. The molecule has 9 heteroatoms. The Hall–Kier alpha value is -1.71. The second kappa shape index (κ2) is 9.19. The number of amides is 1. The van der Waals surface area contributed by atoms with Gasteiger partial charge in [-0.3, -0.25) is 4.79 Å². The van der Waals surface area contributed by atoms with Gasteiger partial charge in [0.1, 0.15) is 16.5 Å². The molecule has 0 aromatic carbocycles. The third-order valence-corrected chi connectivity index (χ3v) is 7.46. The van der Waals surface area contributed by atoms with Crippen molar-refractivity contribution in [3.8, 4) is 9.88 Å². The molecule has 1 fully saturated rings. The molecule has 1 amide bonds. The molecule has 0 saturated heterocycles. The number of hydrogen-bond donors (Lipinski definition) is 1. The Morgan fingerprint density at radius 1 is 1.32 bits per heavy atom. The number of thiazole rings is 1. The third-order valence-electron chi connectivity index (χ3n) is 4.94. The molecule has 1 aliphatic carbocycles. The second-order valence-electron chi connectivity index (χ2n) is 6.79. The number of aryl methyl sites for hydroxylation is 1. The molecule has 1 aliphatic rings. The van der Waals surface area contributed by atoms with Crippen molar-refractivity contribution in [3.63, 3.8) is 0 Å².